The normalized spacial score (nSPS) is 11.4. The Bertz CT molecular complexity index is 1160. The molecule has 0 aliphatic heterocycles. The molecule has 0 saturated carbocycles. The Balaban J connectivity index is 1.85. The lowest BCUT2D eigenvalue weighted by Gasteiger charge is -2.20. The van der Waals surface area contributed by atoms with E-state index in [1.807, 2.05) is 52.8 Å². The average Bonchev–Trinajstić information content (AvgIpc) is 3.18. The number of nitrogens with zero attached hydrogens (tertiary/aromatic N) is 3. The molecule has 0 aliphatic rings. The summed E-state index contributed by atoms with van der Waals surface area (Å²) in [6.07, 6.45) is 0. The molecule has 6 nitrogen and oxygen atoms in total. The van der Waals surface area contributed by atoms with Gasteiger partial charge in [-0.1, -0.05) is 61.7 Å². The number of rotatable bonds is 6. The second-order valence-electron chi connectivity index (χ2n) is 8.91. The van der Waals surface area contributed by atoms with E-state index in [0.29, 0.717) is 33.7 Å². The van der Waals surface area contributed by atoms with E-state index in [1.54, 1.807) is 35.0 Å². The molecule has 0 saturated heterocycles. The van der Waals surface area contributed by atoms with Gasteiger partial charge in [0, 0.05) is 23.6 Å². The Hall–Kier alpha value is -2.83. The standard InChI is InChI=1S/C25H28Cl2N4O2/c1-6-30(24(33)17-9-7-16(2)8-10-17)15-23(32)28-22-14-21(25(3,4)5)29-31(22)18-11-12-19(26)20(27)13-18/h7-14H,6,15H2,1-5H3,(H,28,32). The maximum absolute atomic E-state index is 12.9. The van der Waals surface area contributed by atoms with Crippen molar-refractivity contribution in [2.45, 2.75) is 40.0 Å². The summed E-state index contributed by atoms with van der Waals surface area (Å²) in [5.41, 5.74) is 2.84. The van der Waals surface area contributed by atoms with Gasteiger partial charge in [0.15, 0.2) is 0 Å². The zero-order valence-corrected chi connectivity index (χ0v) is 21.0. The molecule has 1 aromatic heterocycles. The van der Waals surface area contributed by atoms with Crippen molar-refractivity contribution in [2.24, 2.45) is 0 Å². The number of benzene rings is 2. The molecule has 0 atom stereocenters. The van der Waals surface area contributed by atoms with Gasteiger partial charge in [0.05, 0.1) is 21.4 Å². The van der Waals surface area contributed by atoms with Crippen LogP contribution in [0.2, 0.25) is 10.0 Å². The van der Waals surface area contributed by atoms with Crippen molar-refractivity contribution in [3.63, 3.8) is 0 Å². The first-order chi connectivity index (χ1) is 15.5. The molecule has 2 amide bonds. The van der Waals surface area contributed by atoms with Gasteiger partial charge in [-0.2, -0.15) is 5.10 Å². The molecule has 3 aromatic rings. The van der Waals surface area contributed by atoms with E-state index in [9.17, 15) is 9.59 Å². The average molecular weight is 487 g/mol. The van der Waals surface area contributed by atoms with Crippen molar-refractivity contribution >= 4 is 40.8 Å². The van der Waals surface area contributed by atoms with Crippen molar-refractivity contribution in [1.29, 1.82) is 0 Å². The van der Waals surface area contributed by atoms with E-state index in [1.165, 1.54) is 4.90 Å². The van der Waals surface area contributed by atoms with E-state index >= 15 is 0 Å². The molecule has 0 radical (unpaired) electrons. The van der Waals surface area contributed by atoms with Crippen molar-refractivity contribution in [2.75, 3.05) is 18.4 Å². The second-order valence-corrected chi connectivity index (χ2v) is 9.72. The first-order valence-electron chi connectivity index (χ1n) is 10.7. The van der Waals surface area contributed by atoms with E-state index in [-0.39, 0.29) is 23.8 Å². The number of carbonyl (C=O) groups is 2. The Morgan fingerprint density at radius 3 is 2.27 bits per heavy atom. The molecule has 174 valence electrons. The number of hydrogen-bond donors (Lipinski definition) is 1. The molecule has 0 fully saturated rings. The number of hydrogen-bond acceptors (Lipinski definition) is 3. The number of aromatic nitrogens is 2. The van der Waals surface area contributed by atoms with E-state index in [4.69, 9.17) is 23.2 Å². The molecule has 1 N–H and O–H groups in total. The summed E-state index contributed by atoms with van der Waals surface area (Å²) in [7, 11) is 0. The minimum Gasteiger partial charge on any atom is -0.330 e. The number of carbonyl (C=O) groups excluding carboxylic acids is 2. The number of halogens is 2. The first-order valence-corrected chi connectivity index (χ1v) is 11.5. The van der Waals surface area contributed by atoms with Crippen LogP contribution in [0.25, 0.3) is 5.69 Å². The van der Waals surface area contributed by atoms with Gasteiger partial charge in [-0.25, -0.2) is 4.68 Å². The van der Waals surface area contributed by atoms with Gasteiger partial charge >= 0.3 is 0 Å². The largest absolute Gasteiger partial charge is 0.330 e. The Morgan fingerprint density at radius 2 is 1.70 bits per heavy atom. The van der Waals surface area contributed by atoms with Crippen LogP contribution in [-0.2, 0) is 10.2 Å². The molecule has 0 unspecified atom stereocenters. The fourth-order valence-electron chi connectivity index (χ4n) is 3.21. The molecule has 0 bridgehead atoms. The number of nitrogens with one attached hydrogen (secondary N) is 1. The third-order valence-electron chi connectivity index (χ3n) is 5.19. The summed E-state index contributed by atoms with van der Waals surface area (Å²) in [5.74, 6) is -0.0258. The zero-order chi connectivity index (χ0) is 24.3. The summed E-state index contributed by atoms with van der Waals surface area (Å²) in [6.45, 7) is 10.2. The van der Waals surface area contributed by atoms with Crippen LogP contribution < -0.4 is 5.32 Å². The quantitative estimate of drug-likeness (QED) is 0.472. The molecule has 0 spiro atoms. The van der Waals surface area contributed by atoms with Gasteiger partial charge in [0.2, 0.25) is 5.91 Å². The maximum Gasteiger partial charge on any atom is 0.254 e. The van der Waals surface area contributed by atoms with E-state index < -0.39 is 0 Å². The molecular formula is C25H28Cl2N4O2. The molecule has 3 rings (SSSR count). The highest BCUT2D eigenvalue weighted by atomic mass is 35.5. The predicted molar refractivity (Wildman–Crippen MR) is 134 cm³/mol. The monoisotopic (exact) mass is 486 g/mol. The SMILES string of the molecule is CCN(CC(=O)Nc1cc(C(C)(C)C)nn1-c1ccc(Cl)c(Cl)c1)C(=O)c1ccc(C)cc1. The fourth-order valence-corrected chi connectivity index (χ4v) is 3.50. The highest BCUT2D eigenvalue weighted by molar-refractivity contribution is 6.42. The number of amides is 2. The van der Waals surface area contributed by atoms with Crippen molar-refractivity contribution in [3.8, 4) is 5.69 Å². The van der Waals surface area contributed by atoms with E-state index in [0.717, 1.165) is 11.3 Å². The highest BCUT2D eigenvalue weighted by Gasteiger charge is 2.23. The van der Waals surface area contributed by atoms with Crippen molar-refractivity contribution < 1.29 is 9.59 Å². The minimum absolute atomic E-state index is 0.0827. The summed E-state index contributed by atoms with van der Waals surface area (Å²) >= 11 is 12.3. The second kappa shape index (κ2) is 9.98. The van der Waals surface area contributed by atoms with Crippen LogP contribution in [0.4, 0.5) is 5.82 Å². The predicted octanol–water partition coefficient (Wildman–Crippen LogP) is 5.89. The Morgan fingerprint density at radius 1 is 1.03 bits per heavy atom. The van der Waals surface area contributed by atoms with Crippen molar-refractivity contribution in [1.82, 2.24) is 14.7 Å². The Labute approximate surface area is 204 Å². The summed E-state index contributed by atoms with van der Waals surface area (Å²) in [6, 6.07) is 14.3. The third kappa shape index (κ3) is 5.95. The summed E-state index contributed by atoms with van der Waals surface area (Å²) < 4.78 is 1.62. The number of anilines is 1. The number of aryl methyl sites for hydroxylation is 1. The van der Waals surface area contributed by atoms with Gasteiger partial charge in [-0.05, 0) is 44.2 Å². The molecule has 1 heterocycles. The smallest absolute Gasteiger partial charge is 0.254 e. The highest BCUT2D eigenvalue weighted by Crippen LogP contribution is 2.29. The minimum atomic E-state index is -0.320. The maximum atomic E-state index is 12.9. The lowest BCUT2D eigenvalue weighted by Crippen LogP contribution is -2.38. The van der Waals surface area contributed by atoms with Gasteiger partial charge in [0.1, 0.15) is 12.4 Å². The van der Waals surface area contributed by atoms with Crippen molar-refractivity contribution in [3.05, 3.63) is 75.4 Å². The molecule has 0 aliphatic carbocycles. The summed E-state index contributed by atoms with van der Waals surface area (Å²) in [5, 5.41) is 8.41. The lowest BCUT2D eigenvalue weighted by molar-refractivity contribution is -0.116. The Kier molecular flexibility index (Phi) is 7.50. The van der Waals surface area contributed by atoms with Crippen LogP contribution in [0.3, 0.4) is 0 Å². The van der Waals surface area contributed by atoms with Crippen LogP contribution in [-0.4, -0.2) is 39.6 Å². The van der Waals surface area contributed by atoms with Crippen LogP contribution >= 0.6 is 23.2 Å². The van der Waals surface area contributed by atoms with Crippen LogP contribution in [0.15, 0.2) is 48.5 Å². The van der Waals surface area contributed by atoms with Crippen LogP contribution in [0.1, 0.15) is 49.3 Å². The van der Waals surface area contributed by atoms with Crippen LogP contribution in [0.5, 0.6) is 0 Å². The van der Waals surface area contributed by atoms with Gasteiger partial charge < -0.3 is 10.2 Å². The van der Waals surface area contributed by atoms with Crippen LogP contribution in [0, 0.1) is 6.92 Å². The third-order valence-corrected chi connectivity index (χ3v) is 5.93. The van der Waals surface area contributed by atoms with Gasteiger partial charge in [0.25, 0.3) is 5.91 Å². The fraction of sp³-hybridized carbons (Fsp3) is 0.320. The number of likely N-dealkylation sites (N-methyl/N-ethyl adjacent to an activating group) is 1. The lowest BCUT2D eigenvalue weighted by atomic mass is 9.92. The van der Waals surface area contributed by atoms with E-state index in [2.05, 4.69) is 10.4 Å². The molecular weight excluding hydrogens is 459 g/mol. The summed E-state index contributed by atoms with van der Waals surface area (Å²) in [4.78, 5) is 27.3. The first kappa shape index (κ1) is 24.8. The molecule has 33 heavy (non-hydrogen) atoms. The molecule has 8 heteroatoms. The topological polar surface area (TPSA) is 67.2 Å². The van der Waals surface area contributed by atoms with Gasteiger partial charge in [-0.3, -0.25) is 9.59 Å². The zero-order valence-electron chi connectivity index (χ0n) is 19.4. The van der Waals surface area contributed by atoms with Gasteiger partial charge in [-0.15, -0.1) is 0 Å². The molecule has 2 aromatic carbocycles.